The van der Waals surface area contributed by atoms with Crippen molar-refractivity contribution in [3.63, 3.8) is 0 Å². The smallest absolute Gasteiger partial charge is 0.240 e. The molecule has 0 saturated carbocycles. The summed E-state index contributed by atoms with van der Waals surface area (Å²) in [7, 11) is 0.00140. The first kappa shape index (κ1) is 17.9. The summed E-state index contributed by atoms with van der Waals surface area (Å²) in [4.78, 5) is 4.81. The summed E-state index contributed by atoms with van der Waals surface area (Å²) >= 11 is 3.30. The van der Waals surface area contributed by atoms with E-state index in [0.717, 1.165) is 27.1 Å². The third kappa shape index (κ3) is 3.86. The van der Waals surface area contributed by atoms with Crippen LogP contribution in [0.1, 0.15) is 5.82 Å². The number of hydrogen-bond acceptors (Lipinski definition) is 4. The Hall–Kier alpha value is -1.90. The topological polar surface area (TPSA) is 73.2 Å². The van der Waals surface area contributed by atoms with Gasteiger partial charge in [-0.1, -0.05) is 15.9 Å². The maximum atomic E-state index is 12.3. The van der Waals surface area contributed by atoms with Crippen LogP contribution in [0.3, 0.4) is 0 Å². The first-order chi connectivity index (χ1) is 11.9. The minimum atomic E-state index is -3.53. The van der Waals surface area contributed by atoms with Crippen LogP contribution < -0.4 is 9.46 Å². The fourth-order valence-electron chi connectivity index (χ4n) is 2.57. The van der Waals surface area contributed by atoms with Crippen LogP contribution in [-0.4, -0.2) is 31.6 Å². The van der Waals surface area contributed by atoms with E-state index in [4.69, 9.17) is 4.74 Å². The van der Waals surface area contributed by atoms with Crippen LogP contribution in [-0.2, 0) is 23.5 Å². The summed E-state index contributed by atoms with van der Waals surface area (Å²) in [6.45, 7) is 0.271. The lowest BCUT2D eigenvalue weighted by atomic mass is 10.3. The van der Waals surface area contributed by atoms with E-state index >= 15 is 0 Å². The molecule has 0 spiro atoms. The predicted octanol–water partition coefficient (Wildman–Crippen LogP) is 2.87. The van der Waals surface area contributed by atoms with Crippen LogP contribution in [0.5, 0.6) is 5.75 Å². The summed E-state index contributed by atoms with van der Waals surface area (Å²) < 4.78 is 35.2. The Bertz CT molecular complexity index is 998. The standard InChI is InChI=1S/C17H18BrN3O3S/c1-21-16-8-5-13(24-2)11-15(16)20-17(21)9-10-19-25(22,23)14-6-3-12(18)4-7-14/h3-8,11,19H,9-10H2,1-2H3. The summed E-state index contributed by atoms with van der Waals surface area (Å²) in [6, 6.07) is 12.2. The number of nitrogens with zero attached hydrogens (tertiary/aromatic N) is 2. The van der Waals surface area contributed by atoms with Crippen molar-refractivity contribution in [3.8, 4) is 5.75 Å². The molecule has 6 nitrogen and oxygen atoms in total. The van der Waals surface area contributed by atoms with Gasteiger partial charge in [0.25, 0.3) is 0 Å². The monoisotopic (exact) mass is 423 g/mol. The van der Waals surface area contributed by atoms with Crippen molar-refractivity contribution in [2.75, 3.05) is 13.7 Å². The molecule has 1 N–H and O–H groups in total. The van der Waals surface area contributed by atoms with Gasteiger partial charge in [-0.2, -0.15) is 0 Å². The summed E-state index contributed by atoms with van der Waals surface area (Å²) in [5.41, 5.74) is 1.80. The molecule has 0 fully saturated rings. The second-order valence-electron chi connectivity index (χ2n) is 5.54. The molecule has 3 rings (SSSR count). The summed E-state index contributed by atoms with van der Waals surface area (Å²) in [6.07, 6.45) is 0.489. The number of halogens is 1. The molecule has 0 radical (unpaired) electrons. The van der Waals surface area contributed by atoms with Crippen molar-refractivity contribution in [1.82, 2.24) is 14.3 Å². The molecular weight excluding hydrogens is 406 g/mol. The number of hydrogen-bond donors (Lipinski definition) is 1. The Morgan fingerprint density at radius 1 is 1.20 bits per heavy atom. The first-order valence-corrected chi connectivity index (χ1v) is 9.93. The highest BCUT2D eigenvalue weighted by Gasteiger charge is 2.14. The molecule has 0 atom stereocenters. The Morgan fingerprint density at radius 2 is 1.92 bits per heavy atom. The third-order valence-corrected chi connectivity index (χ3v) is 5.95. The average molecular weight is 424 g/mol. The van der Waals surface area contributed by atoms with Gasteiger partial charge in [0.05, 0.1) is 23.0 Å². The Balaban J connectivity index is 1.72. The van der Waals surface area contributed by atoms with E-state index in [-0.39, 0.29) is 11.4 Å². The third-order valence-electron chi connectivity index (χ3n) is 3.95. The second-order valence-corrected chi connectivity index (χ2v) is 8.23. The van der Waals surface area contributed by atoms with Gasteiger partial charge in [0.2, 0.25) is 10.0 Å². The number of imidazole rings is 1. The van der Waals surface area contributed by atoms with Crippen LogP contribution in [0.25, 0.3) is 11.0 Å². The van der Waals surface area contributed by atoms with Gasteiger partial charge in [-0.25, -0.2) is 18.1 Å². The van der Waals surface area contributed by atoms with Gasteiger partial charge in [0.15, 0.2) is 0 Å². The summed E-state index contributed by atoms with van der Waals surface area (Å²) in [5, 5.41) is 0. The van der Waals surface area contributed by atoms with E-state index in [1.165, 1.54) is 0 Å². The molecule has 3 aromatic rings. The fraction of sp³-hybridized carbons (Fsp3) is 0.235. The molecule has 0 unspecified atom stereocenters. The predicted molar refractivity (Wildman–Crippen MR) is 100 cm³/mol. The number of methoxy groups -OCH3 is 1. The zero-order valence-corrected chi connectivity index (χ0v) is 16.3. The second kappa shape index (κ2) is 7.15. The quantitative estimate of drug-likeness (QED) is 0.661. The van der Waals surface area contributed by atoms with Crippen molar-refractivity contribution in [1.29, 1.82) is 0 Å². The molecule has 1 aromatic heterocycles. The summed E-state index contributed by atoms with van der Waals surface area (Å²) in [5.74, 6) is 1.55. The van der Waals surface area contributed by atoms with E-state index in [1.807, 2.05) is 29.8 Å². The van der Waals surface area contributed by atoms with E-state index in [1.54, 1.807) is 31.4 Å². The lowest BCUT2D eigenvalue weighted by Gasteiger charge is -2.07. The zero-order valence-electron chi connectivity index (χ0n) is 13.9. The molecule has 2 aromatic carbocycles. The van der Waals surface area contributed by atoms with E-state index < -0.39 is 10.0 Å². The highest BCUT2D eigenvalue weighted by Crippen LogP contribution is 2.21. The maximum absolute atomic E-state index is 12.3. The molecule has 0 saturated heterocycles. The molecule has 0 aliphatic carbocycles. The number of fused-ring (bicyclic) bond motifs is 1. The number of sulfonamides is 1. The fourth-order valence-corrected chi connectivity index (χ4v) is 3.87. The van der Waals surface area contributed by atoms with Crippen molar-refractivity contribution in [2.45, 2.75) is 11.3 Å². The largest absolute Gasteiger partial charge is 0.497 e. The van der Waals surface area contributed by atoms with Crippen molar-refractivity contribution < 1.29 is 13.2 Å². The van der Waals surface area contributed by atoms with Crippen molar-refractivity contribution >= 4 is 37.0 Å². The van der Waals surface area contributed by atoms with Gasteiger partial charge in [-0.05, 0) is 36.4 Å². The highest BCUT2D eigenvalue weighted by molar-refractivity contribution is 9.10. The lowest BCUT2D eigenvalue weighted by Crippen LogP contribution is -2.26. The molecule has 0 amide bonds. The van der Waals surface area contributed by atoms with Crippen LogP contribution in [0.4, 0.5) is 0 Å². The number of aryl methyl sites for hydroxylation is 1. The molecule has 0 aliphatic heterocycles. The minimum Gasteiger partial charge on any atom is -0.497 e. The number of rotatable bonds is 6. The molecule has 0 aliphatic rings. The van der Waals surface area contributed by atoms with E-state index in [9.17, 15) is 8.42 Å². The normalized spacial score (nSPS) is 11.8. The van der Waals surface area contributed by atoms with Gasteiger partial charge in [-0.3, -0.25) is 0 Å². The highest BCUT2D eigenvalue weighted by atomic mass is 79.9. The minimum absolute atomic E-state index is 0.241. The molecule has 0 bridgehead atoms. The van der Waals surface area contributed by atoms with Crippen LogP contribution in [0, 0.1) is 0 Å². The van der Waals surface area contributed by atoms with Gasteiger partial charge in [0, 0.05) is 30.6 Å². The first-order valence-electron chi connectivity index (χ1n) is 7.65. The number of nitrogens with one attached hydrogen (secondary N) is 1. The number of benzene rings is 2. The van der Waals surface area contributed by atoms with E-state index in [2.05, 4.69) is 25.6 Å². The van der Waals surface area contributed by atoms with Crippen molar-refractivity contribution in [3.05, 3.63) is 52.8 Å². The average Bonchev–Trinajstić information content (AvgIpc) is 2.90. The van der Waals surface area contributed by atoms with Gasteiger partial charge in [-0.15, -0.1) is 0 Å². The van der Waals surface area contributed by atoms with Gasteiger partial charge >= 0.3 is 0 Å². The molecule has 1 heterocycles. The number of ether oxygens (including phenoxy) is 1. The SMILES string of the molecule is COc1ccc2c(c1)nc(CCNS(=O)(=O)c1ccc(Br)cc1)n2C. The van der Waals surface area contributed by atoms with Gasteiger partial charge in [0.1, 0.15) is 11.6 Å². The molecular formula is C17H18BrN3O3S. The van der Waals surface area contributed by atoms with E-state index in [0.29, 0.717) is 6.42 Å². The Kier molecular flexibility index (Phi) is 5.12. The van der Waals surface area contributed by atoms with Crippen molar-refractivity contribution in [2.24, 2.45) is 7.05 Å². The molecule has 8 heteroatoms. The number of aromatic nitrogens is 2. The van der Waals surface area contributed by atoms with Crippen LogP contribution >= 0.6 is 15.9 Å². The lowest BCUT2D eigenvalue weighted by molar-refractivity contribution is 0.415. The zero-order chi connectivity index (χ0) is 18.0. The Labute approximate surface area is 155 Å². The van der Waals surface area contributed by atoms with Gasteiger partial charge < -0.3 is 9.30 Å². The molecule has 25 heavy (non-hydrogen) atoms. The Morgan fingerprint density at radius 3 is 2.60 bits per heavy atom. The molecule has 132 valence electrons. The van der Waals surface area contributed by atoms with Crippen LogP contribution in [0.2, 0.25) is 0 Å². The van der Waals surface area contributed by atoms with Crippen LogP contribution in [0.15, 0.2) is 51.8 Å². The maximum Gasteiger partial charge on any atom is 0.240 e.